The Morgan fingerprint density at radius 1 is 1.33 bits per heavy atom. The Morgan fingerprint density at radius 2 is 1.94 bits per heavy atom. The van der Waals surface area contributed by atoms with Crippen LogP contribution in [0.25, 0.3) is 0 Å². The van der Waals surface area contributed by atoms with Gasteiger partial charge in [-0.25, -0.2) is 13.2 Å². The summed E-state index contributed by atoms with van der Waals surface area (Å²) < 4.78 is 24.4. The standard InChI is InChI=1S/C9H9ClN2O5S/c1-5(13)11-8-4-6(18(16,17)12-10)2-3-7(8)9(14)15/h2-4,12H,1H3,(H,11,13)(H,14,15). The fourth-order valence-electron chi connectivity index (χ4n) is 1.21. The van der Waals surface area contributed by atoms with E-state index < -0.39 is 21.9 Å². The molecule has 9 heteroatoms. The number of hydrogen-bond donors (Lipinski definition) is 3. The molecule has 3 N–H and O–H groups in total. The number of amides is 1. The van der Waals surface area contributed by atoms with E-state index in [0.29, 0.717) is 0 Å². The van der Waals surface area contributed by atoms with Crippen LogP contribution in [-0.2, 0) is 14.8 Å². The van der Waals surface area contributed by atoms with Gasteiger partial charge in [0.1, 0.15) is 0 Å². The lowest BCUT2D eigenvalue weighted by Gasteiger charge is -2.09. The molecule has 0 aliphatic carbocycles. The molecule has 0 bridgehead atoms. The molecule has 0 heterocycles. The second-order valence-corrected chi connectivity index (χ2v) is 5.37. The molecule has 0 spiro atoms. The number of benzene rings is 1. The number of sulfonamides is 1. The second kappa shape index (κ2) is 5.34. The van der Waals surface area contributed by atoms with Gasteiger partial charge >= 0.3 is 5.97 Å². The van der Waals surface area contributed by atoms with Gasteiger partial charge in [0.25, 0.3) is 10.0 Å². The molecular weight excluding hydrogens is 284 g/mol. The summed E-state index contributed by atoms with van der Waals surface area (Å²) in [6.07, 6.45) is 0. The number of hydrogen-bond acceptors (Lipinski definition) is 4. The van der Waals surface area contributed by atoms with Gasteiger partial charge < -0.3 is 10.4 Å². The van der Waals surface area contributed by atoms with Gasteiger partial charge in [0.15, 0.2) is 0 Å². The van der Waals surface area contributed by atoms with Crippen LogP contribution in [0.4, 0.5) is 5.69 Å². The van der Waals surface area contributed by atoms with Gasteiger partial charge in [-0.05, 0) is 30.0 Å². The van der Waals surface area contributed by atoms with E-state index in [-0.39, 0.29) is 16.1 Å². The zero-order valence-electron chi connectivity index (χ0n) is 9.10. The van der Waals surface area contributed by atoms with Crippen LogP contribution in [0.15, 0.2) is 23.1 Å². The van der Waals surface area contributed by atoms with Crippen LogP contribution in [0.1, 0.15) is 17.3 Å². The lowest BCUT2D eigenvalue weighted by Crippen LogP contribution is -2.16. The largest absolute Gasteiger partial charge is 0.478 e. The first-order valence-corrected chi connectivity index (χ1v) is 6.41. The molecule has 0 fully saturated rings. The Morgan fingerprint density at radius 3 is 2.39 bits per heavy atom. The van der Waals surface area contributed by atoms with Crippen molar-refractivity contribution in [3.63, 3.8) is 0 Å². The van der Waals surface area contributed by atoms with Crippen molar-refractivity contribution in [3.05, 3.63) is 23.8 Å². The van der Waals surface area contributed by atoms with E-state index in [2.05, 4.69) is 5.32 Å². The van der Waals surface area contributed by atoms with Gasteiger partial charge in [0.2, 0.25) is 5.91 Å². The van der Waals surface area contributed by atoms with Gasteiger partial charge in [-0.3, -0.25) is 4.79 Å². The van der Waals surface area contributed by atoms with Crippen LogP contribution in [0.2, 0.25) is 0 Å². The number of carboxylic acids is 1. The lowest BCUT2D eigenvalue weighted by molar-refractivity contribution is -0.114. The highest BCUT2D eigenvalue weighted by atomic mass is 35.5. The fraction of sp³-hybridized carbons (Fsp3) is 0.111. The molecular formula is C9H9ClN2O5S. The molecule has 1 aromatic rings. The monoisotopic (exact) mass is 292 g/mol. The number of carbonyl (C=O) groups excluding carboxylic acids is 1. The Balaban J connectivity index is 3.38. The number of rotatable bonds is 4. The highest BCUT2D eigenvalue weighted by Crippen LogP contribution is 2.21. The zero-order chi connectivity index (χ0) is 13.9. The molecule has 0 radical (unpaired) electrons. The van der Waals surface area contributed by atoms with Crippen molar-refractivity contribution in [2.24, 2.45) is 0 Å². The summed E-state index contributed by atoms with van der Waals surface area (Å²) in [5.74, 6) is -1.81. The van der Waals surface area contributed by atoms with Gasteiger partial charge in [0, 0.05) is 6.92 Å². The van der Waals surface area contributed by atoms with Crippen molar-refractivity contribution in [2.45, 2.75) is 11.8 Å². The van der Waals surface area contributed by atoms with Gasteiger partial charge in [-0.1, -0.05) is 0 Å². The molecule has 98 valence electrons. The summed E-state index contributed by atoms with van der Waals surface area (Å²) in [5, 5.41) is 11.1. The van der Waals surface area contributed by atoms with Crippen LogP contribution in [0.3, 0.4) is 0 Å². The normalized spacial score (nSPS) is 11.0. The first-order chi connectivity index (χ1) is 8.27. The molecule has 1 amide bonds. The Bertz CT molecular complexity index is 599. The van der Waals surface area contributed by atoms with Gasteiger partial charge in [0.05, 0.1) is 16.1 Å². The van der Waals surface area contributed by atoms with E-state index in [0.717, 1.165) is 18.2 Å². The summed E-state index contributed by atoms with van der Waals surface area (Å²) in [5.41, 5.74) is -0.346. The summed E-state index contributed by atoms with van der Waals surface area (Å²) in [7, 11) is -3.93. The molecule has 0 aromatic heterocycles. The van der Waals surface area contributed by atoms with Crippen LogP contribution < -0.4 is 9.56 Å². The third-order valence-corrected chi connectivity index (χ3v) is 3.63. The first-order valence-electron chi connectivity index (χ1n) is 4.55. The quantitative estimate of drug-likeness (QED) is 0.710. The number of halogens is 1. The highest BCUT2D eigenvalue weighted by Gasteiger charge is 2.18. The molecule has 7 nitrogen and oxygen atoms in total. The van der Waals surface area contributed by atoms with Crippen molar-refractivity contribution >= 4 is 39.4 Å². The predicted molar refractivity (Wildman–Crippen MR) is 63.9 cm³/mol. The van der Waals surface area contributed by atoms with E-state index in [1.807, 2.05) is 0 Å². The number of nitrogens with one attached hydrogen (secondary N) is 2. The topological polar surface area (TPSA) is 113 Å². The number of aromatic carboxylic acids is 1. The summed E-state index contributed by atoms with van der Waals surface area (Å²) in [6, 6.07) is 3.14. The van der Waals surface area contributed by atoms with Crippen molar-refractivity contribution in [1.82, 2.24) is 4.24 Å². The van der Waals surface area contributed by atoms with Gasteiger partial charge in [-0.15, -0.1) is 4.24 Å². The van der Waals surface area contributed by atoms with Crippen molar-refractivity contribution in [1.29, 1.82) is 0 Å². The number of carbonyl (C=O) groups is 2. The third kappa shape index (κ3) is 3.19. The molecule has 0 saturated carbocycles. The summed E-state index contributed by atoms with van der Waals surface area (Å²) in [6.45, 7) is 1.17. The molecule has 0 unspecified atom stereocenters. The third-order valence-electron chi connectivity index (χ3n) is 1.94. The van der Waals surface area contributed by atoms with Crippen LogP contribution in [0.5, 0.6) is 0 Å². The van der Waals surface area contributed by atoms with Crippen molar-refractivity contribution in [3.8, 4) is 0 Å². The maximum atomic E-state index is 11.4. The van der Waals surface area contributed by atoms with E-state index >= 15 is 0 Å². The molecule has 0 aliphatic heterocycles. The molecule has 1 rings (SSSR count). The smallest absolute Gasteiger partial charge is 0.337 e. The fourth-order valence-corrected chi connectivity index (χ4v) is 2.09. The maximum absolute atomic E-state index is 11.4. The maximum Gasteiger partial charge on any atom is 0.337 e. The average molecular weight is 293 g/mol. The van der Waals surface area contributed by atoms with Crippen molar-refractivity contribution in [2.75, 3.05) is 5.32 Å². The molecule has 18 heavy (non-hydrogen) atoms. The Kier molecular flexibility index (Phi) is 4.28. The van der Waals surface area contributed by atoms with Gasteiger partial charge in [-0.2, -0.15) is 0 Å². The second-order valence-electron chi connectivity index (χ2n) is 3.27. The number of anilines is 1. The summed E-state index contributed by atoms with van der Waals surface area (Å²) >= 11 is 5.05. The SMILES string of the molecule is CC(=O)Nc1cc(S(=O)(=O)NCl)ccc1C(=O)O. The first kappa shape index (κ1) is 14.4. The van der Waals surface area contributed by atoms with E-state index in [1.165, 1.54) is 6.92 Å². The lowest BCUT2D eigenvalue weighted by atomic mass is 10.2. The molecule has 0 saturated heterocycles. The van der Waals surface area contributed by atoms with E-state index in [9.17, 15) is 18.0 Å². The minimum absolute atomic E-state index is 0.122. The van der Waals surface area contributed by atoms with Crippen molar-refractivity contribution < 1.29 is 23.1 Å². The average Bonchev–Trinajstić information content (AvgIpc) is 2.27. The number of carboxylic acid groups (broad SMARTS) is 1. The highest BCUT2D eigenvalue weighted by molar-refractivity contribution is 7.90. The summed E-state index contributed by atoms with van der Waals surface area (Å²) in [4.78, 5) is 21.6. The minimum atomic E-state index is -3.93. The molecule has 0 aliphatic rings. The zero-order valence-corrected chi connectivity index (χ0v) is 10.7. The molecule has 0 atom stereocenters. The Labute approximate surface area is 108 Å². The molecule has 1 aromatic carbocycles. The minimum Gasteiger partial charge on any atom is -0.478 e. The van der Waals surface area contributed by atoms with Crippen LogP contribution >= 0.6 is 11.8 Å². The van der Waals surface area contributed by atoms with Crippen LogP contribution in [0, 0.1) is 0 Å². The van der Waals surface area contributed by atoms with E-state index in [1.54, 1.807) is 4.24 Å². The van der Waals surface area contributed by atoms with Crippen LogP contribution in [-0.4, -0.2) is 25.4 Å². The Hall–Kier alpha value is -1.64. The predicted octanol–water partition coefficient (Wildman–Crippen LogP) is 0.775. The van der Waals surface area contributed by atoms with E-state index in [4.69, 9.17) is 16.9 Å².